The number of hydrogen-bond acceptors (Lipinski definition) is 3. The molecule has 0 heterocycles. The maximum absolute atomic E-state index is 11.5. The van der Waals surface area contributed by atoms with Crippen molar-refractivity contribution in [2.75, 3.05) is 17.0 Å². The number of nitrogen functional groups attached to an aromatic ring is 1. The molecule has 1 aromatic carbocycles. The summed E-state index contributed by atoms with van der Waals surface area (Å²) in [5.41, 5.74) is 6.26. The van der Waals surface area contributed by atoms with Crippen LogP contribution in [0.1, 0.15) is 13.3 Å². The van der Waals surface area contributed by atoms with Crippen LogP contribution in [0.2, 0.25) is 5.02 Å². The van der Waals surface area contributed by atoms with Crippen LogP contribution in [0.25, 0.3) is 0 Å². The van der Waals surface area contributed by atoms with Crippen LogP contribution >= 0.6 is 11.6 Å². The third-order valence-corrected chi connectivity index (χ3v) is 3.22. The van der Waals surface area contributed by atoms with Crippen molar-refractivity contribution in [3.63, 3.8) is 0 Å². The van der Waals surface area contributed by atoms with E-state index in [0.29, 0.717) is 22.9 Å². The van der Waals surface area contributed by atoms with Gasteiger partial charge in [-0.3, -0.25) is 4.72 Å². The van der Waals surface area contributed by atoms with Crippen LogP contribution in [0, 0.1) is 0 Å². The number of rotatable bonds is 5. The van der Waals surface area contributed by atoms with Crippen LogP contribution in [-0.4, -0.2) is 15.0 Å². The molecule has 1 aromatic rings. The highest BCUT2D eigenvalue weighted by Crippen LogP contribution is 2.22. The van der Waals surface area contributed by atoms with E-state index < -0.39 is 10.2 Å². The van der Waals surface area contributed by atoms with Crippen LogP contribution in [0.15, 0.2) is 18.2 Å². The van der Waals surface area contributed by atoms with E-state index in [1.165, 1.54) is 12.1 Å². The van der Waals surface area contributed by atoms with Gasteiger partial charge in [-0.2, -0.15) is 13.1 Å². The molecule has 0 unspecified atom stereocenters. The Kier molecular flexibility index (Phi) is 4.40. The Labute approximate surface area is 100 Å². The standard InChI is InChI=1S/C9H14ClN3O2S/c1-2-5-12-16(14,15)13-7-3-4-8(10)9(11)6-7/h3-4,6,12-13H,2,5,11H2,1H3. The fraction of sp³-hybridized carbons (Fsp3) is 0.333. The molecule has 0 aliphatic heterocycles. The van der Waals surface area contributed by atoms with Crippen molar-refractivity contribution in [1.82, 2.24) is 4.72 Å². The molecule has 0 saturated carbocycles. The van der Waals surface area contributed by atoms with E-state index in [0.717, 1.165) is 6.42 Å². The lowest BCUT2D eigenvalue weighted by molar-refractivity contribution is 0.586. The normalized spacial score (nSPS) is 11.4. The molecule has 0 fully saturated rings. The second-order valence-electron chi connectivity index (χ2n) is 3.24. The summed E-state index contributed by atoms with van der Waals surface area (Å²) in [5, 5.41) is 0.393. The summed E-state index contributed by atoms with van der Waals surface area (Å²) in [7, 11) is -3.53. The Hall–Kier alpha value is -0.980. The maximum atomic E-state index is 11.5. The van der Waals surface area contributed by atoms with Crippen molar-refractivity contribution in [1.29, 1.82) is 0 Å². The van der Waals surface area contributed by atoms with Crippen molar-refractivity contribution < 1.29 is 8.42 Å². The second-order valence-corrected chi connectivity index (χ2v) is 5.14. The molecule has 0 bridgehead atoms. The molecular formula is C9H14ClN3O2S. The zero-order valence-corrected chi connectivity index (χ0v) is 10.4. The molecule has 90 valence electrons. The SMILES string of the molecule is CCCNS(=O)(=O)Nc1ccc(Cl)c(N)c1. The summed E-state index contributed by atoms with van der Waals surface area (Å²) < 4.78 is 27.6. The summed E-state index contributed by atoms with van der Waals surface area (Å²) >= 11 is 5.72. The first-order valence-electron chi connectivity index (χ1n) is 4.77. The molecular weight excluding hydrogens is 250 g/mol. The minimum absolute atomic E-state index is 0.331. The van der Waals surface area contributed by atoms with Gasteiger partial charge in [-0.15, -0.1) is 0 Å². The van der Waals surface area contributed by atoms with Gasteiger partial charge in [0.25, 0.3) is 10.2 Å². The Bertz CT molecular complexity index is 462. The van der Waals surface area contributed by atoms with Crippen molar-refractivity contribution in [3.05, 3.63) is 23.2 Å². The third kappa shape index (κ3) is 3.88. The van der Waals surface area contributed by atoms with Gasteiger partial charge >= 0.3 is 0 Å². The van der Waals surface area contributed by atoms with Crippen LogP contribution in [0.5, 0.6) is 0 Å². The van der Waals surface area contributed by atoms with Gasteiger partial charge < -0.3 is 5.73 Å². The van der Waals surface area contributed by atoms with Crippen LogP contribution in [0.4, 0.5) is 11.4 Å². The largest absolute Gasteiger partial charge is 0.397 e. The van der Waals surface area contributed by atoms with Crippen molar-refractivity contribution in [2.45, 2.75) is 13.3 Å². The van der Waals surface area contributed by atoms with Crippen LogP contribution in [-0.2, 0) is 10.2 Å². The first-order chi connectivity index (χ1) is 7.44. The highest BCUT2D eigenvalue weighted by molar-refractivity contribution is 7.90. The fourth-order valence-corrected chi connectivity index (χ4v) is 2.13. The average Bonchev–Trinajstić information content (AvgIpc) is 2.20. The summed E-state index contributed by atoms with van der Waals surface area (Å²) in [6.07, 6.45) is 0.726. The molecule has 0 amide bonds. The van der Waals surface area contributed by atoms with Crippen molar-refractivity contribution in [2.24, 2.45) is 0 Å². The van der Waals surface area contributed by atoms with E-state index >= 15 is 0 Å². The van der Waals surface area contributed by atoms with E-state index in [2.05, 4.69) is 9.44 Å². The average molecular weight is 264 g/mol. The van der Waals surface area contributed by atoms with Crippen LogP contribution < -0.4 is 15.2 Å². The monoisotopic (exact) mass is 263 g/mol. The third-order valence-electron chi connectivity index (χ3n) is 1.79. The first kappa shape index (κ1) is 13.1. The van der Waals surface area contributed by atoms with Gasteiger partial charge in [0.05, 0.1) is 16.4 Å². The molecule has 5 nitrogen and oxygen atoms in total. The Morgan fingerprint density at radius 3 is 2.69 bits per heavy atom. The van der Waals surface area contributed by atoms with Gasteiger partial charge in [-0.25, -0.2) is 0 Å². The molecule has 7 heteroatoms. The van der Waals surface area contributed by atoms with E-state index in [1.807, 2.05) is 6.92 Å². The molecule has 0 atom stereocenters. The lowest BCUT2D eigenvalue weighted by Crippen LogP contribution is -2.30. The molecule has 0 aromatic heterocycles. The highest BCUT2D eigenvalue weighted by Gasteiger charge is 2.08. The van der Waals surface area contributed by atoms with Gasteiger partial charge in [-0.05, 0) is 24.6 Å². The fourth-order valence-electron chi connectivity index (χ4n) is 1.03. The van der Waals surface area contributed by atoms with Crippen molar-refractivity contribution >= 4 is 33.2 Å². The molecule has 16 heavy (non-hydrogen) atoms. The Morgan fingerprint density at radius 2 is 2.12 bits per heavy atom. The lowest BCUT2D eigenvalue weighted by atomic mass is 10.3. The van der Waals surface area contributed by atoms with Gasteiger partial charge in [0.15, 0.2) is 0 Å². The molecule has 0 radical (unpaired) electrons. The number of hydrogen-bond donors (Lipinski definition) is 3. The van der Waals surface area contributed by atoms with Crippen molar-refractivity contribution in [3.8, 4) is 0 Å². The number of anilines is 2. The number of benzene rings is 1. The molecule has 0 saturated heterocycles. The van der Waals surface area contributed by atoms with Crippen LogP contribution in [0.3, 0.4) is 0 Å². The number of nitrogens with two attached hydrogens (primary N) is 1. The Balaban J connectivity index is 2.76. The minimum atomic E-state index is -3.53. The Morgan fingerprint density at radius 1 is 1.44 bits per heavy atom. The zero-order valence-electron chi connectivity index (χ0n) is 8.83. The van der Waals surface area contributed by atoms with E-state index in [1.54, 1.807) is 6.07 Å². The minimum Gasteiger partial charge on any atom is -0.397 e. The predicted octanol–water partition coefficient (Wildman–Crippen LogP) is 1.58. The summed E-state index contributed by atoms with van der Waals surface area (Å²) in [6.45, 7) is 2.27. The first-order valence-corrected chi connectivity index (χ1v) is 6.63. The van der Waals surface area contributed by atoms with E-state index in [9.17, 15) is 8.42 Å². The van der Waals surface area contributed by atoms with Gasteiger partial charge in [0.2, 0.25) is 0 Å². The van der Waals surface area contributed by atoms with Gasteiger partial charge in [0.1, 0.15) is 0 Å². The molecule has 0 aliphatic rings. The predicted molar refractivity (Wildman–Crippen MR) is 66.7 cm³/mol. The number of halogens is 1. The zero-order chi connectivity index (χ0) is 12.2. The molecule has 0 spiro atoms. The number of nitrogens with one attached hydrogen (secondary N) is 2. The van der Waals surface area contributed by atoms with E-state index in [4.69, 9.17) is 17.3 Å². The lowest BCUT2D eigenvalue weighted by Gasteiger charge is -2.09. The smallest absolute Gasteiger partial charge is 0.299 e. The quantitative estimate of drug-likeness (QED) is 0.705. The highest BCUT2D eigenvalue weighted by atomic mass is 35.5. The second kappa shape index (κ2) is 5.38. The molecule has 4 N–H and O–H groups in total. The van der Waals surface area contributed by atoms with Gasteiger partial charge in [-0.1, -0.05) is 18.5 Å². The summed E-state index contributed by atoms with van der Waals surface area (Å²) in [5.74, 6) is 0. The summed E-state index contributed by atoms with van der Waals surface area (Å²) in [6, 6.07) is 4.55. The molecule has 1 rings (SSSR count). The maximum Gasteiger partial charge on any atom is 0.299 e. The topological polar surface area (TPSA) is 84.2 Å². The van der Waals surface area contributed by atoms with E-state index in [-0.39, 0.29) is 0 Å². The summed E-state index contributed by atoms with van der Waals surface area (Å²) in [4.78, 5) is 0. The molecule has 0 aliphatic carbocycles. The van der Waals surface area contributed by atoms with Gasteiger partial charge in [0, 0.05) is 6.54 Å².